The maximum atomic E-state index is 13.3. The summed E-state index contributed by atoms with van der Waals surface area (Å²) in [5, 5.41) is 2.89. The van der Waals surface area contributed by atoms with Crippen molar-refractivity contribution in [3.05, 3.63) is 51.2 Å². The summed E-state index contributed by atoms with van der Waals surface area (Å²) in [5.41, 5.74) is 0.492. The lowest BCUT2D eigenvalue weighted by Gasteiger charge is -2.13. The van der Waals surface area contributed by atoms with Crippen molar-refractivity contribution in [2.45, 2.75) is 0 Å². The fourth-order valence-corrected chi connectivity index (χ4v) is 2.44. The molecule has 1 amide bonds. The molecule has 0 aromatic heterocycles. The molecule has 0 radical (unpaired) electrons. The van der Waals surface area contributed by atoms with Crippen LogP contribution in [-0.2, 0) is 0 Å². The molecule has 0 aliphatic rings. The Morgan fingerprint density at radius 2 is 1.82 bits per heavy atom. The third kappa shape index (κ3) is 3.51. The summed E-state index contributed by atoms with van der Waals surface area (Å²) in [7, 11) is 2.96. The number of hydrogen-bond donors (Lipinski definition) is 1. The molecular weight excluding hydrogens is 377 g/mol. The van der Waals surface area contributed by atoms with E-state index in [0.29, 0.717) is 21.7 Å². The van der Waals surface area contributed by atoms with Crippen molar-refractivity contribution in [3.8, 4) is 11.5 Å². The highest BCUT2D eigenvalue weighted by Crippen LogP contribution is 2.36. The Labute approximate surface area is 140 Å². The van der Waals surface area contributed by atoms with Gasteiger partial charge in [0, 0.05) is 16.6 Å². The molecule has 0 heterocycles. The topological polar surface area (TPSA) is 47.6 Å². The number of halogens is 3. The first kappa shape index (κ1) is 16.6. The van der Waals surface area contributed by atoms with E-state index in [1.54, 1.807) is 0 Å². The molecule has 2 rings (SSSR count). The fourth-order valence-electron chi connectivity index (χ4n) is 1.81. The minimum Gasteiger partial charge on any atom is -0.493 e. The summed E-state index contributed by atoms with van der Waals surface area (Å²) in [6, 6.07) is 6.90. The standard InChI is InChI=1S/C15H12BrClFNO3/c1-21-13-6-11(17)12(7-14(13)22-2)19-15(20)9-5-8(18)3-4-10(9)16/h3-7H,1-2H3,(H,19,20). The maximum Gasteiger partial charge on any atom is 0.256 e. The van der Waals surface area contributed by atoms with Crippen LogP contribution < -0.4 is 14.8 Å². The lowest BCUT2D eigenvalue weighted by Crippen LogP contribution is -2.13. The van der Waals surface area contributed by atoms with Crippen LogP contribution in [0.15, 0.2) is 34.8 Å². The Kier molecular flexibility index (Phi) is 5.26. The molecule has 2 aromatic carbocycles. The summed E-state index contributed by atoms with van der Waals surface area (Å²) in [6.07, 6.45) is 0. The molecule has 1 N–H and O–H groups in total. The number of anilines is 1. The van der Waals surface area contributed by atoms with Crippen molar-refractivity contribution in [1.29, 1.82) is 0 Å². The third-order valence-corrected chi connectivity index (χ3v) is 3.90. The van der Waals surface area contributed by atoms with Gasteiger partial charge in [-0.3, -0.25) is 4.79 Å². The van der Waals surface area contributed by atoms with Crippen LogP contribution >= 0.6 is 27.5 Å². The average Bonchev–Trinajstić information content (AvgIpc) is 2.51. The van der Waals surface area contributed by atoms with Crippen LogP contribution in [0.2, 0.25) is 5.02 Å². The molecule has 0 spiro atoms. The van der Waals surface area contributed by atoms with Crippen molar-refractivity contribution in [2.24, 2.45) is 0 Å². The van der Waals surface area contributed by atoms with E-state index in [0.717, 1.165) is 6.07 Å². The predicted octanol–water partition coefficient (Wildman–Crippen LogP) is 4.51. The van der Waals surface area contributed by atoms with E-state index >= 15 is 0 Å². The van der Waals surface area contributed by atoms with E-state index in [-0.39, 0.29) is 10.6 Å². The number of hydrogen-bond acceptors (Lipinski definition) is 3. The van der Waals surface area contributed by atoms with Crippen molar-refractivity contribution < 1.29 is 18.7 Å². The molecule has 0 saturated carbocycles. The monoisotopic (exact) mass is 387 g/mol. The van der Waals surface area contributed by atoms with Gasteiger partial charge in [-0.1, -0.05) is 11.6 Å². The van der Waals surface area contributed by atoms with Crippen LogP contribution in [0.1, 0.15) is 10.4 Å². The second-order valence-corrected chi connectivity index (χ2v) is 5.53. The second kappa shape index (κ2) is 6.98. The molecule has 0 saturated heterocycles. The van der Waals surface area contributed by atoms with Crippen molar-refractivity contribution in [2.75, 3.05) is 19.5 Å². The summed E-state index contributed by atoms with van der Waals surface area (Å²) >= 11 is 9.31. The second-order valence-electron chi connectivity index (χ2n) is 4.27. The molecule has 22 heavy (non-hydrogen) atoms. The largest absolute Gasteiger partial charge is 0.493 e. The van der Waals surface area contributed by atoms with Gasteiger partial charge < -0.3 is 14.8 Å². The minimum absolute atomic E-state index is 0.158. The van der Waals surface area contributed by atoms with Crippen LogP contribution in [0.25, 0.3) is 0 Å². The lowest BCUT2D eigenvalue weighted by molar-refractivity contribution is 0.102. The van der Waals surface area contributed by atoms with Gasteiger partial charge in [0.15, 0.2) is 11.5 Å². The highest BCUT2D eigenvalue weighted by molar-refractivity contribution is 9.10. The van der Waals surface area contributed by atoms with Crippen LogP contribution in [0.4, 0.5) is 10.1 Å². The van der Waals surface area contributed by atoms with Crippen molar-refractivity contribution >= 4 is 39.1 Å². The molecule has 116 valence electrons. The number of carbonyl (C=O) groups is 1. The molecule has 0 aliphatic carbocycles. The molecule has 0 atom stereocenters. The zero-order chi connectivity index (χ0) is 16.3. The number of rotatable bonds is 4. The van der Waals surface area contributed by atoms with E-state index in [1.807, 2.05) is 0 Å². The molecule has 0 fully saturated rings. The molecule has 0 bridgehead atoms. The van der Waals surface area contributed by atoms with Crippen molar-refractivity contribution in [1.82, 2.24) is 0 Å². The highest BCUT2D eigenvalue weighted by Gasteiger charge is 2.15. The summed E-state index contributed by atoms with van der Waals surface area (Å²) < 4.78 is 24.0. The van der Waals surface area contributed by atoms with Gasteiger partial charge in [0.2, 0.25) is 0 Å². The smallest absolute Gasteiger partial charge is 0.256 e. The average molecular weight is 389 g/mol. The van der Waals surface area contributed by atoms with Gasteiger partial charge >= 0.3 is 0 Å². The Morgan fingerprint density at radius 1 is 1.18 bits per heavy atom. The summed E-state index contributed by atoms with van der Waals surface area (Å²) in [6.45, 7) is 0. The zero-order valence-corrected chi connectivity index (χ0v) is 14.1. The quantitative estimate of drug-likeness (QED) is 0.838. The van der Waals surface area contributed by atoms with Crippen LogP contribution in [0.5, 0.6) is 11.5 Å². The molecule has 2 aromatic rings. The molecular formula is C15H12BrClFNO3. The van der Waals surface area contributed by atoms with Crippen LogP contribution in [0, 0.1) is 5.82 Å². The van der Waals surface area contributed by atoms with Gasteiger partial charge in [0.25, 0.3) is 5.91 Å². The van der Waals surface area contributed by atoms with E-state index in [9.17, 15) is 9.18 Å². The number of carbonyl (C=O) groups excluding carboxylic acids is 1. The summed E-state index contributed by atoms with van der Waals surface area (Å²) in [4.78, 5) is 12.3. The first-order valence-corrected chi connectivity index (χ1v) is 7.31. The number of nitrogens with one attached hydrogen (secondary N) is 1. The zero-order valence-electron chi connectivity index (χ0n) is 11.7. The predicted molar refractivity (Wildman–Crippen MR) is 86.6 cm³/mol. The first-order valence-electron chi connectivity index (χ1n) is 6.14. The normalized spacial score (nSPS) is 10.2. The Hall–Kier alpha value is -1.79. The minimum atomic E-state index is -0.508. The van der Waals surface area contributed by atoms with E-state index in [4.69, 9.17) is 21.1 Å². The maximum absolute atomic E-state index is 13.3. The van der Waals surface area contributed by atoms with Crippen molar-refractivity contribution in [3.63, 3.8) is 0 Å². The van der Waals surface area contributed by atoms with E-state index < -0.39 is 11.7 Å². The van der Waals surface area contributed by atoms with Gasteiger partial charge in [0.05, 0.1) is 30.5 Å². The van der Waals surface area contributed by atoms with Gasteiger partial charge in [-0.15, -0.1) is 0 Å². The number of ether oxygens (including phenoxy) is 2. The highest BCUT2D eigenvalue weighted by atomic mass is 79.9. The van der Waals surface area contributed by atoms with Gasteiger partial charge in [-0.2, -0.15) is 0 Å². The Bertz CT molecular complexity index is 724. The number of methoxy groups -OCH3 is 2. The van der Waals surface area contributed by atoms with Gasteiger partial charge in [0.1, 0.15) is 5.82 Å². The molecule has 7 heteroatoms. The van der Waals surface area contributed by atoms with Gasteiger partial charge in [-0.05, 0) is 34.1 Å². The first-order chi connectivity index (χ1) is 10.5. The van der Waals surface area contributed by atoms with Crippen LogP contribution in [-0.4, -0.2) is 20.1 Å². The third-order valence-electron chi connectivity index (χ3n) is 2.89. The molecule has 4 nitrogen and oxygen atoms in total. The number of amides is 1. The number of benzene rings is 2. The van der Waals surface area contributed by atoms with Gasteiger partial charge in [-0.25, -0.2) is 4.39 Å². The fraction of sp³-hybridized carbons (Fsp3) is 0.133. The van der Waals surface area contributed by atoms with Crippen LogP contribution in [0.3, 0.4) is 0 Å². The Balaban J connectivity index is 2.34. The SMILES string of the molecule is COc1cc(Cl)c(NC(=O)c2cc(F)ccc2Br)cc1OC. The molecule has 0 unspecified atom stereocenters. The van der Waals surface area contributed by atoms with E-state index in [1.165, 1.54) is 38.5 Å². The lowest BCUT2D eigenvalue weighted by atomic mass is 10.2. The Morgan fingerprint density at radius 3 is 2.45 bits per heavy atom. The van der Waals surface area contributed by atoms with E-state index in [2.05, 4.69) is 21.2 Å². The molecule has 0 aliphatic heterocycles. The summed E-state index contributed by atoms with van der Waals surface area (Å²) in [5.74, 6) is -0.148.